The molecule has 1 N–H and O–H groups in total. The molecular formula is C16H23N3O2S. The lowest BCUT2D eigenvalue weighted by Gasteiger charge is -2.33. The van der Waals surface area contributed by atoms with Crippen molar-refractivity contribution in [3.63, 3.8) is 0 Å². The van der Waals surface area contributed by atoms with E-state index in [1.165, 1.54) is 15.3 Å². The van der Waals surface area contributed by atoms with Gasteiger partial charge in [0.25, 0.3) is 5.91 Å². The molecule has 1 saturated heterocycles. The molecule has 6 heteroatoms. The minimum absolute atomic E-state index is 0.121. The van der Waals surface area contributed by atoms with Crippen molar-refractivity contribution in [1.82, 2.24) is 15.1 Å². The minimum atomic E-state index is -0.763. The van der Waals surface area contributed by atoms with Crippen LogP contribution in [0.2, 0.25) is 0 Å². The van der Waals surface area contributed by atoms with Crippen LogP contribution < -0.4 is 5.32 Å². The average molecular weight is 321 g/mol. The highest BCUT2D eigenvalue weighted by atomic mass is 32.1. The van der Waals surface area contributed by atoms with Crippen molar-refractivity contribution in [1.29, 1.82) is 0 Å². The summed E-state index contributed by atoms with van der Waals surface area (Å²) < 4.78 is 0. The van der Waals surface area contributed by atoms with E-state index < -0.39 is 5.54 Å². The van der Waals surface area contributed by atoms with Crippen molar-refractivity contribution < 1.29 is 9.59 Å². The molecule has 1 aromatic rings. The van der Waals surface area contributed by atoms with Crippen LogP contribution >= 0.6 is 11.3 Å². The second-order valence-corrected chi connectivity index (χ2v) is 7.63. The van der Waals surface area contributed by atoms with E-state index in [-0.39, 0.29) is 11.9 Å². The van der Waals surface area contributed by atoms with E-state index in [0.717, 1.165) is 25.9 Å². The van der Waals surface area contributed by atoms with E-state index in [0.29, 0.717) is 12.6 Å². The van der Waals surface area contributed by atoms with Crippen LogP contribution in [0, 0.1) is 0 Å². The third-order valence-corrected chi connectivity index (χ3v) is 5.67. The number of nitrogens with zero attached hydrogens (tertiary/aromatic N) is 2. The second kappa shape index (κ2) is 5.66. The van der Waals surface area contributed by atoms with E-state index >= 15 is 0 Å². The maximum absolute atomic E-state index is 12.1. The Labute approximate surface area is 135 Å². The lowest BCUT2D eigenvalue weighted by Crippen LogP contribution is -2.41. The van der Waals surface area contributed by atoms with E-state index in [2.05, 4.69) is 28.6 Å². The quantitative estimate of drug-likeness (QED) is 0.866. The number of thiophene rings is 1. The molecule has 0 aromatic carbocycles. The summed E-state index contributed by atoms with van der Waals surface area (Å²) in [6, 6.07) is 2.38. The Bertz CT molecular complexity index is 596. The van der Waals surface area contributed by atoms with Crippen LogP contribution in [0.1, 0.15) is 43.7 Å². The molecule has 0 saturated carbocycles. The summed E-state index contributed by atoms with van der Waals surface area (Å²) in [4.78, 5) is 29.3. The fourth-order valence-corrected chi connectivity index (χ4v) is 4.28. The number of nitrogens with one attached hydrogen (secondary N) is 1. The van der Waals surface area contributed by atoms with Gasteiger partial charge in [0.1, 0.15) is 5.54 Å². The van der Waals surface area contributed by atoms with Crippen LogP contribution in [-0.4, -0.2) is 46.9 Å². The van der Waals surface area contributed by atoms with Crippen molar-refractivity contribution in [2.24, 2.45) is 0 Å². The Kier molecular flexibility index (Phi) is 3.99. The number of urea groups is 1. The number of imide groups is 1. The minimum Gasteiger partial charge on any atom is -0.324 e. The van der Waals surface area contributed by atoms with Crippen molar-refractivity contribution in [2.75, 3.05) is 19.6 Å². The standard InChI is InChI=1S/C16H23N3O2S/c1-11-12-6-10-22-13(12)5-9-18(11)7-4-8-19-14(20)16(2,3)17-15(19)21/h6,10-11H,4-5,7-9H2,1-3H3,(H,17,21)/t11-/m0/s1. The van der Waals surface area contributed by atoms with E-state index in [1.54, 1.807) is 13.8 Å². The van der Waals surface area contributed by atoms with E-state index in [4.69, 9.17) is 0 Å². The summed E-state index contributed by atoms with van der Waals surface area (Å²) >= 11 is 1.84. The zero-order valence-electron chi connectivity index (χ0n) is 13.4. The molecule has 0 spiro atoms. The number of carbonyl (C=O) groups excluding carboxylic acids is 2. The van der Waals surface area contributed by atoms with Crippen molar-refractivity contribution >= 4 is 23.3 Å². The summed E-state index contributed by atoms with van der Waals surface area (Å²) in [5, 5.41) is 4.89. The summed E-state index contributed by atoms with van der Waals surface area (Å²) in [6.07, 6.45) is 1.92. The number of fused-ring (bicyclic) bond motifs is 1. The fraction of sp³-hybridized carbons (Fsp3) is 0.625. The first-order valence-corrected chi connectivity index (χ1v) is 8.72. The van der Waals surface area contributed by atoms with E-state index in [9.17, 15) is 9.59 Å². The van der Waals surface area contributed by atoms with Crippen LogP contribution in [0.15, 0.2) is 11.4 Å². The van der Waals surface area contributed by atoms with Gasteiger partial charge in [0.2, 0.25) is 0 Å². The van der Waals surface area contributed by atoms with E-state index in [1.807, 2.05) is 11.3 Å². The molecule has 22 heavy (non-hydrogen) atoms. The Morgan fingerprint density at radius 3 is 2.82 bits per heavy atom. The van der Waals surface area contributed by atoms with Gasteiger partial charge in [0.15, 0.2) is 0 Å². The lowest BCUT2D eigenvalue weighted by molar-refractivity contribution is -0.130. The molecule has 3 amide bonds. The zero-order chi connectivity index (χ0) is 15.9. The molecular weight excluding hydrogens is 298 g/mol. The molecule has 1 fully saturated rings. The SMILES string of the molecule is C[C@H]1c2ccsc2CCN1CCCN1C(=O)NC(C)(C)C1=O. The Morgan fingerprint density at radius 1 is 1.36 bits per heavy atom. The highest BCUT2D eigenvalue weighted by Crippen LogP contribution is 2.32. The third kappa shape index (κ3) is 2.65. The largest absolute Gasteiger partial charge is 0.325 e. The molecule has 120 valence electrons. The van der Waals surface area contributed by atoms with Crippen molar-refractivity contribution in [3.05, 3.63) is 21.9 Å². The van der Waals surface area contributed by atoms with Crippen LogP contribution in [0.3, 0.4) is 0 Å². The number of carbonyl (C=O) groups is 2. The molecule has 1 aromatic heterocycles. The smallest absolute Gasteiger partial charge is 0.324 e. The Morgan fingerprint density at radius 2 is 2.14 bits per heavy atom. The monoisotopic (exact) mass is 321 g/mol. The van der Waals surface area contributed by atoms with Gasteiger partial charge in [-0.3, -0.25) is 14.6 Å². The van der Waals surface area contributed by atoms with Crippen LogP contribution in [0.5, 0.6) is 0 Å². The van der Waals surface area contributed by atoms with Gasteiger partial charge in [-0.15, -0.1) is 11.3 Å². The number of hydrogen-bond acceptors (Lipinski definition) is 4. The van der Waals surface area contributed by atoms with Gasteiger partial charge in [0, 0.05) is 30.6 Å². The summed E-state index contributed by atoms with van der Waals surface area (Å²) in [5.41, 5.74) is 0.675. The molecule has 1 atom stereocenters. The van der Waals surface area contributed by atoms with Gasteiger partial charge in [-0.05, 0) is 50.6 Å². The summed E-state index contributed by atoms with van der Waals surface area (Å²) in [6.45, 7) is 8.19. The van der Waals surface area contributed by atoms with Crippen LogP contribution in [-0.2, 0) is 11.2 Å². The Hall–Kier alpha value is -1.40. The first kappa shape index (κ1) is 15.5. The van der Waals surface area contributed by atoms with Gasteiger partial charge in [-0.2, -0.15) is 0 Å². The van der Waals surface area contributed by atoms with Crippen molar-refractivity contribution in [3.8, 4) is 0 Å². The van der Waals surface area contributed by atoms with Crippen LogP contribution in [0.25, 0.3) is 0 Å². The highest BCUT2D eigenvalue weighted by molar-refractivity contribution is 7.10. The normalized spacial score (nSPS) is 24.5. The maximum atomic E-state index is 12.1. The zero-order valence-corrected chi connectivity index (χ0v) is 14.2. The van der Waals surface area contributed by atoms with Gasteiger partial charge in [-0.25, -0.2) is 4.79 Å². The molecule has 0 aliphatic carbocycles. The molecule has 3 rings (SSSR count). The molecule has 0 radical (unpaired) electrons. The first-order chi connectivity index (χ1) is 10.4. The molecule has 0 unspecified atom stereocenters. The molecule has 2 aliphatic rings. The predicted molar refractivity (Wildman–Crippen MR) is 87.0 cm³/mol. The predicted octanol–water partition coefficient (Wildman–Crippen LogP) is 2.39. The molecule has 0 bridgehead atoms. The second-order valence-electron chi connectivity index (χ2n) is 6.63. The third-order valence-electron chi connectivity index (χ3n) is 4.68. The van der Waals surface area contributed by atoms with Gasteiger partial charge in [-0.1, -0.05) is 0 Å². The van der Waals surface area contributed by atoms with Crippen molar-refractivity contribution in [2.45, 2.75) is 45.2 Å². The molecule has 3 heterocycles. The van der Waals surface area contributed by atoms with Gasteiger partial charge < -0.3 is 5.32 Å². The topological polar surface area (TPSA) is 52.6 Å². The Balaban J connectivity index is 1.54. The van der Waals surface area contributed by atoms with Crippen LogP contribution in [0.4, 0.5) is 4.79 Å². The maximum Gasteiger partial charge on any atom is 0.325 e. The first-order valence-electron chi connectivity index (χ1n) is 7.84. The summed E-state index contributed by atoms with van der Waals surface area (Å²) in [7, 11) is 0. The molecule has 2 aliphatic heterocycles. The average Bonchev–Trinajstić information content (AvgIpc) is 2.99. The lowest BCUT2D eigenvalue weighted by atomic mass is 10.0. The highest BCUT2D eigenvalue weighted by Gasteiger charge is 2.43. The van der Waals surface area contributed by atoms with Gasteiger partial charge >= 0.3 is 6.03 Å². The fourth-order valence-electron chi connectivity index (χ4n) is 3.32. The number of hydrogen-bond donors (Lipinski definition) is 1. The van der Waals surface area contributed by atoms with Gasteiger partial charge in [0.05, 0.1) is 0 Å². The number of rotatable bonds is 4. The summed E-state index contributed by atoms with van der Waals surface area (Å²) in [5.74, 6) is -0.121. The number of amides is 3. The molecule has 5 nitrogen and oxygen atoms in total.